The van der Waals surface area contributed by atoms with Gasteiger partial charge in [-0.1, -0.05) is 30.0 Å². The molecule has 28 heavy (non-hydrogen) atoms. The minimum absolute atomic E-state index is 0.0696. The molecular weight excluding hydrogens is 379 g/mol. The number of nitrogens with one attached hydrogen (secondary N) is 1. The first-order valence-corrected chi connectivity index (χ1v) is 9.75. The number of carbonyl (C=O) groups excluding carboxylic acids is 1. The maximum Gasteiger partial charge on any atom is 0.230 e. The van der Waals surface area contributed by atoms with Gasteiger partial charge in [0, 0.05) is 24.4 Å². The molecule has 0 bridgehead atoms. The Hall–Kier alpha value is -2.71. The number of halogens is 1. The molecule has 3 rings (SSSR count). The number of methoxy groups -OCH3 is 1. The molecule has 8 heteroatoms. The topological polar surface area (TPSA) is 69.0 Å². The van der Waals surface area contributed by atoms with Crippen LogP contribution in [0.4, 0.5) is 4.39 Å². The summed E-state index contributed by atoms with van der Waals surface area (Å²) in [4.78, 5) is 12.2. The lowest BCUT2D eigenvalue weighted by Crippen LogP contribution is -2.36. The third-order valence-corrected chi connectivity index (χ3v) is 4.84. The average Bonchev–Trinajstić information content (AvgIpc) is 3.12. The molecule has 0 spiro atoms. The van der Waals surface area contributed by atoms with Gasteiger partial charge < -0.3 is 10.1 Å². The third-order valence-electron chi connectivity index (χ3n) is 3.91. The molecule has 0 aliphatic heterocycles. The lowest BCUT2D eigenvalue weighted by atomic mass is 10.2. The molecular formula is C20H21FN4O2S. The van der Waals surface area contributed by atoms with Gasteiger partial charge in [0.2, 0.25) is 5.91 Å². The predicted molar refractivity (Wildman–Crippen MR) is 107 cm³/mol. The van der Waals surface area contributed by atoms with Crippen LogP contribution in [-0.4, -0.2) is 46.2 Å². The molecule has 1 unspecified atom stereocenters. The van der Waals surface area contributed by atoms with Crippen LogP contribution in [0.1, 0.15) is 6.92 Å². The Morgan fingerprint density at radius 3 is 2.57 bits per heavy atom. The van der Waals surface area contributed by atoms with Gasteiger partial charge in [0.25, 0.3) is 0 Å². The molecule has 0 saturated heterocycles. The van der Waals surface area contributed by atoms with Gasteiger partial charge in [-0.2, -0.15) is 0 Å². The van der Waals surface area contributed by atoms with Crippen LogP contribution in [0.3, 0.4) is 0 Å². The van der Waals surface area contributed by atoms with Crippen molar-refractivity contribution in [3.63, 3.8) is 0 Å². The molecule has 1 amide bonds. The highest BCUT2D eigenvalue weighted by Crippen LogP contribution is 2.28. The summed E-state index contributed by atoms with van der Waals surface area (Å²) in [7, 11) is 1.59. The van der Waals surface area contributed by atoms with E-state index in [0.29, 0.717) is 17.6 Å². The number of para-hydroxylation sites is 1. The van der Waals surface area contributed by atoms with Crippen LogP contribution in [0.25, 0.3) is 17.1 Å². The first-order valence-electron chi connectivity index (χ1n) is 8.76. The van der Waals surface area contributed by atoms with Crippen molar-refractivity contribution in [3.8, 4) is 17.1 Å². The Kier molecular flexibility index (Phi) is 6.78. The molecule has 0 radical (unpaired) electrons. The van der Waals surface area contributed by atoms with Crippen LogP contribution < -0.4 is 5.32 Å². The summed E-state index contributed by atoms with van der Waals surface area (Å²) >= 11 is 1.29. The molecule has 0 fully saturated rings. The second kappa shape index (κ2) is 9.48. The maximum atomic E-state index is 13.3. The van der Waals surface area contributed by atoms with E-state index in [1.807, 2.05) is 41.8 Å². The number of thioether (sulfide) groups is 1. The molecule has 0 saturated carbocycles. The largest absolute Gasteiger partial charge is 0.383 e. The van der Waals surface area contributed by atoms with Gasteiger partial charge in [-0.05, 0) is 43.3 Å². The van der Waals surface area contributed by atoms with E-state index in [0.717, 1.165) is 11.3 Å². The summed E-state index contributed by atoms with van der Waals surface area (Å²) in [5.41, 5.74) is 1.60. The van der Waals surface area contributed by atoms with Gasteiger partial charge >= 0.3 is 0 Å². The summed E-state index contributed by atoms with van der Waals surface area (Å²) in [6.45, 7) is 2.33. The molecule has 1 aromatic heterocycles. The fourth-order valence-electron chi connectivity index (χ4n) is 2.70. The minimum atomic E-state index is -0.314. The van der Waals surface area contributed by atoms with Crippen LogP contribution in [0, 0.1) is 5.82 Å². The normalized spacial score (nSPS) is 12.0. The zero-order chi connectivity index (χ0) is 19.9. The number of ether oxygens (including phenoxy) is 1. The Morgan fingerprint density at radius 2 is 1.89 bits per heavy atom. The average molecular weight is 400 g/mol. The summed E-state index contributed by atoms with van der Waals surface area (Å²) in [6, 6.07) is 15.6. The van der Waals surface area contributed by atoms with Crippen molar-refractivity contribution in [2.45, 2.75) is 18.1 Å². The predicted octanol–water partition coefficient (Wildman–Crippen LogP) is 3.32. The van der Waals surface area contributed by atoms with Crippen molar-refractivity contribution < 1.29 is 13.9 Å². The molecule has 6 nitrogen and oxygen atoms in total. The lowest BCUT2D eigenvalue weighted by molar-refractivity contribution is -0.119. The molecule has 0 aliphatic carbocycles. The van der Waals surface area contributed by atoms with Crippen LogP contribution >= 0.6 is 11.8 Å². The highest BCUT2D eigenvalue weighted by atomic mass is 32.2. The summed E-state index contributed by atoms with van der Waals surface area (Å²) in [5.74, 6) is 0.357. The molecule has 0 aliphatic rings. The number of hydrogen-bond acceptors (Lipinski definition) is 5. The summed E-state index contributed by atoms with van der Waals surface area (Å²) in [6.07, 6.45) is 0. The number of hydrogen-bond donors (Lipinski definition) is 1. The van der Waals surface area contributed by atoms with Gasteiger partial charge in [-0.15, -0.1) is 10.2 Å². The third kappa shape index (κ3) is 4.96. The Morgan fingerprint density at radius 1 is 1.18 bits per heavy atom. The highest BCUT2D eigenvalue weighted by molar-refractivity contribution is 7.99. The summed E-state index contributed by atoms with van der Waals surface area (Å²) < 4.78 is 20.2. The Bertz CT molecular complexity index is 916. The van der Waals surface area contributed by atoms with E-state index in [1.165, 1.54) is 23.9 Å². The number of nitrogens with zero attached hydrogens (tertiary/aromatic N) is 3. The number of benzene rings is 2. The van der Waals surface area contributed by atoms with Crippen LogP contribution in [0.15, 0.2) is 59.8 Å². The second-order valence-corrected chi connectivity index (χ2v) is 7.14. The van der Waals surface area contributed by atoms with E-state index in [9.17, 15) is 9.18 Å². The number of amides is 1. The van der Waals surface area contributed by atoms with Crippen LogP contribution in [0.5, 0.6) is 0 Å². The molecule has 1 heterocycles. The first-order chi connectivity index (χ1) is 13.6. The molecule has 1 N–H and O–H groups in total. The first kappa shape index (κ1) is 20.0. The maximum absolute atomic E-state index is 13.3. The van der Waals surface area contributed by atoms with E-state index in [4.69, 9.17) is 4.74 Å². The second-order valence-electron chi connectivity index (χ2n) is 6.20. The molecule has 2 aromatic carbocycles. The van der Waals surface area contributed by atoms with Gasteiger partial charge in [0.05, 0.1) is 12.4 Å². The van der Waals surface area contributed by atoms with Crippen LogP contribution in [-0.2, 0) is 9.53 Å². The van der Waals surface area contributed by atoms with Gasteiger partial charge in [-0.25, -0.2) is 4.39 Å². The highest BCUT2D eigenvalue weighted by Gasteiger charge is 2.17. The zero-order valence-electron chi connectivity index (χ0n) is 15.6. The van der Waals surface area contributed by atoms with E-state index in [2.05, 4.69) is 15.5 Å². The number of carbonyl (C=O) groups is 1. The molecule has 1 atom stereocenters. The van der Waals surface area contributed by atoms with Crippen molar-refractivity contribution in [2.24, 2.45) is 0 Å². The fourth-order valence-corrected chi connectivity index (χ4v) is 3.46. The van der Waals surface area contributed by atoms with Gasteiger partial charge in [0.15, 0.2) is 11.0 Å². The Balaban J connectivity index is 1.85. The minimum Gasteiger partial charge on any atom is -0.383 e. The monoisotopic (exact) mass is 400 g/mol. The standard InChI is InChI=1S/C20H21FN4O2S/c1-14(12-27-2)22-18(26)13-28-20-24-23-19(15-8-10-16(21)11-9-15)25(20)17-6-4-3-5-7-17/h3-11,14H,12-13H2,1-2H3,(H,22,26). The molecule has 146 valence electrons. The van der Waals surface area contributed by atoms with Crippen molar-refractivity contribution in [1.82, 2.24) is 20.1 Å². The van der Waals surface area contributed by atoms with Crippen molar-refractivity contribution in [2.75, 3.05) is 19.5 Å². The van der Waals surface area contributed by atoms with Crippen LogP contribution in [0.2, 0.25) is 0 Å². The van der Waals surface area contributed by atoms with Gasteiger partial charge in [0.1, 0.15) is 5.82 Å². The van der Waals surface area contributed by atoms with Crippen molar-refractivity contribution in [3.05, 3.63) is 60.4 Å². The van der Waals surface area contributed by atoms with Gasteiger partial charge in [-0.3, -0.25) is 9.36 Å². The van der Waals surface area contributed by atoms with Crippen molar-refractivity contribution in [1.29, 1.82) is 0 Å². The lowest BCUT2D eigenvalue weighted by Gasteiger charge is -2.13. The fraction of sp³-hybridized carbons (Fsp3) is 0.250. The molecule has 3 aromatic rings. The Labute approximate surface area is 167 Å². The van der Waals surface area contributed by atoms with Crippen molar-refractivity contribution >= 4 is 17.7 Å². The quantitative estimate of drug-likeness (QED) is 0.588. The summed E-state index contributed by atoms with van der Waals surface area (Å²) in [5, 5.41) is 12.0. The smallest absolute Gasteiger partial charge is 0.230 e. The SMILES string of the molecule is COCC(C)NC(=O)CSc1nnc(-c2ccc(F)cc2)n1-c1ccccc1. The zero-order valence-corrected chi connectivity index (χ0v) is 16.4. The van der Waals surface area contributed by atoms with E-state index >= 15 is 0 Å². The number of aromatic nitrogens is 3. The van der Waals surface area contributed by atoms with E-state index < -0.39 is 0 Å². The van der Waals surface area contributed by atoms with E-state index in [-0.39, 0.29) is 23.5 Å². The number of rotatable bonds is 8. The van der Waals surface area contributed by atoms with E-state index in [1.54, 1.807) is 19.2 Å².